The van der Waals surface area contributed by atoms with Gasteiger partial charge in [0.05, 0.1) is 36.5 Å². The summed E-state index contributed by atoms with van der Waals surface area (Å²) < 4.78 is 50.6. The molecule has 0 N–H and O–H groups in total. The number of nitrogens with zero attached hydrogens (tertiary/aromatic N) is 2. The van der Waals surface area contributed by atoms with Crippen LogP contribution in [-0.4, -0.2) is 125 Å². The summed E-state index contributed by atoms with van der Waals surface area (Å²) in [5.41, 5.74) is 4.04. The van der Waals surface area contributed by atoms with E-state index in [2.05, 4.69) is 70.1 Å². The second kappa shape index (κ2) is 19.5. The quantitative estimate of drug-likeness (QED) is 0.215. The van der Waals surface area contributed by atoms with Crippen LogP contribution < -0.4 is 0 Å². The minimum absolute atomic E-state index is 0.00170. The highest BCUT2D eigenvalue weighted by Crippen LogP contribution is 2.63. The Hall–Kier alpha value is -2.59. The molecule has 0 amide bonds. The standard InChI is InChI=1S/C49H70N2O10S/c1-11-30-16-13-17-38(61-40-19-18-37(51(6)7)27(4)57-40)26(3)43(53)36-23-33-32-21-31(60-49-46(56-10)45(55-9)44(54-8)28(5)58-49)22-35(32)42-47(41(33)34(36)24-39(52)59-30)62-48(50-42)29-15-12-14-25(2)20-29/h12,14-15,20,23,26-28,30-35,37-38,40-41,44-46,49H,11,13,16-19,21-22,24H2,1-10H3/t26-,27-,28+,30+,31+,32+,33+,34-,35-,37+,38+,40+,41-,44+,45-,46-,49+/m1/s1. The van der Waals surface area contributed by atoms with Crippen molar-refractivity contribution in [2.45, 2.75) is 172 Å². The number of esters is 1. The second-order valence-electron chi connectivity index (χ2n) is 19.1. The molecule has 17 atom stereocenters. The first-order valence-corrected chi connectivity index (χ1v) is 24.0. The average Bonchev–Trinajstić information content (AvgIpc) is 3.97. The van der Waals surface area contributed by atoms with Gasteiger partial charge in [0.25, 0.3) is 0 Å². The van der Waals surface area contributed by atoms with E-state index in [0.717, 1.165) is 66.8 Å². The van der Waals surface area contributed by atoms with E-state index >= 15 is 4.79 Å². The van der Waals surface area contributed by atoms with Gasteiger partial charge in [-0.05, 0) is 110 Å². The summed E-state index contributed by atoms with van der Waals surface area (Å²) in [6, 6.07) is 8.81. The van der Waals surface area contributed by atoms with E-state index < -0.39 is 18.3 Å². The number of allylic oxidation sites excluding steroid dienone is 2. The predicted molar refractivity (Wildman–Crippen MR) is 236 cm³/mol. The van der Waals surface area contributed by atoms with Crippen molar-refractivity contribution in [2.24, 2.45) is 23.7 Å². The van der Waals surface area contributed by atoms with E-state index in [1.165, 1.54) is 10.4 Å². The number of rotatable bonds is 10. The van der Waals surface area contributed by atoms with Gasteiger partial charge in [0.1, 0.15) is 29.4 Å². The largest absolute Gasteiger partial charge is 0.462 e. The summed E-state index contributed by atoms with van der Waals surface area (Å²) in [4.78, 5) is 38.2. The lowest BCUT2D eigenvalue weighted by Crippen LogP contribution is -2.59. The van der Waals surface area contributed by atoms with Crippen LogP contribution in [0.3, 0.4) is 0 Å². The number of likely N-dealkylation sites (N-methyl/N-ethyl adjacent to an activating group) is 1. The molecule has 0 bridgehead atoms. The molecule has 4 heterocycles. The number of hydrogen-bond acceptors (Lipinski definition) is 13. The fourth-order valence-electron chi connectivity index (χ4n) is 12.0. The number of thiazole rings is 1. The van der Waals surface area contributed by atoms with Crippen molar-refractivity contribution in [1.29, 1.82) is 0 Å². The smallest absolute Gasteiger partial charge is 0.306 e. The number of Topliss-reactive ketones (excluding diaryl/α,β-unsaturated/α-hetero) is 1. The van der Waals surface area contributed by atoms with Crippen LogP contribution in [0.2, 0.25) is 0 Å². The van der Waals surface area contributed by atoms with Crippen LogP contribution in [0.15, 0.2) is 35.9 Å². The summed E-state index contributed by atoms with van der Waals surface area (Å²) >= 11 is 1.72. The maximum Gasteiger partial charge on any atom is 0.306 e. The predicted octanol–water partition coefficient (Wildman–Crippen LogP) is 8.00. The van der Waals surface area contributed by atoms with Crippen molar-refractivity contribution >= 4 is 23.1 Å². The molecule has 6 aliphatic rings. The number of carbonyl (C=O) groups is 2. The van der Waals surface area contributed by atoms with Gasteiger partial charge >= 0.3 is 5.97 Å². The van der Waals surface area contributed by atoms with Crippen molar-refractivity contribution in [3.05, 3.63) is 52.0 Å². The number of benzene rings is 1. The summed E-state index contributed by atoms with van der Waals surface area (Å²) in [6.45, 7) is 10.3. The summed E-state index contributed by atoms with van der Waals surface area (Å²) in [5.74, 6) is -0.846. The topological polar surface area (TPSA) is 124 Å². The normalized spacial score (nSPS) is 40.1. The Morgan fingerprint density at radius 1 is 0.887 bits per heavy atom. The molecule has 8 rings (SSSR count). The number of hydrogen-bond donors (Lipinski definition) is 0. The molecule has 3 aliphatic heterocycles. The highest BCUT2D eigenvalue weighted by molar-refractivity contribution is 7.15. The van der Waals surface area contributed by atoms with Crippen LogP contribution in [0.4, 0.5) is 0 Å². The van der Waals surface area contributed by atoms with Crippen LogP contribution in [0.5, 0.6) is 0 Å². The highest BCUT2D eigenvalue weighted by Gasteiger charge is 2.57. The van der Waals surface area contributed by atoms with Crippen LogP contribution in [0.25, 0.3) is 10.6 Å². The molecule has 4 fully saturated rings. The third-order valence-electron chi connectivity index (χ3n) is 15.2. The number of ketones is 1. The lowest BCUT2D eigenvalue weighted by Gasteiger charge is -2.44. The summed E-state index contributed by atoms with van der Waals surface area (Å²) in [7, 11) is 9.17. The minimum Gasteiger partial charge on any atom is -0.462 e. The fourth-order valence-corrected chi connectivity index (χ4v) is 13.3. The first-order chi connectivity index (χ1) is 29.8. The Kier molecular flexibility index (Phi) is 14.4. The fraction of sp³-hybridized carbons (Fsp3) is 0.735. The number of ether oxygens (including phenoxy) is 8. The van der Waals surface area contributed by atoms with Crippen LogP contribution in [0, 0.1) is 30.6 Å². The number of fused-ring (bicyclic) bond motifs is 8. The maximum atomic E-state index is 15.2. The van der Waals surface area contributed by atoms with E-state index in [9.17, 15) is 4.79 Å². The van der Waals surface area contributed by atoms with Gasteiger partial charge in [-0.15, -0.1) is 11.3 Å². The summed E-state index contributed by atoms with van der Waals surface area (Å²) in [5, 5.41) is 0.960. The van der Waals surface area contributed by atoms with Gasteiger partial charge in [-0.3, -0.25) is 9.59 Å². The lowest BCUT2D eigenvalue weighted by molar-refractivity contribution is -0.314. The molecule has 13 heteroatoms. The van der Waals surface area contributed by atoms with Crippen LogP contribution >= 0.6 is 11.3 Å². The Morgan fingerprint density at radius 3 is 2.35 bits per heavy atom. The van der Waals surface area contributed by atoms with Crippen LogP contribution in [0.1, 0.15) is 113 Å². The molecular formula is C49H70N2O10S. The first-order valence-electron chi connectivity index (χ1n) is 23.2. The van der Waals surface area contributed by atoms with E-state index in [0.29, 0.717) is 12.5 Å². The van der Waals surface area contributed by atoms with Crippen LogP contribution in [-0.2, 0) is 47.5 Å². The van der Waals surface area contributed by atoms with E-state index in [4.69, 9.17) is 42.9 Å². The zero-order chi connectivity index (χ0) is 44.0. The molecule has 0 radical (unpaired) electrons. The average molecular weight is 879 g/mol. The third-order valence-corrected chi connectivity index (χ3v) is 16.4. The number of aryl methyl sites for hydroxylation is 1. The Morgan fingerprint density at radius 2 is 1.66 bits per heavy atom. The van der Waals surface area contributed by atoms with Crippen molar-refractivity contribution in [3.8, 4) is 10.6 Å². The van der Waals surface area contributed by atoms with Gasteiger partial charge in [-0.25, -0.2) is 4.98 Å². The van der Waals surface area contributed by atoms with E-state index in [1.807, 2.05) is 13.8 Å². The molecular weight excluding hydrogens is 809 g/mol. The minimum atomic E-state index is -0.660. The Bertz CT molecular complexity index is 1920. The molecule has 3 saturated heterocycles. The molecule has 2 aromatic rings. The van der Waals surface area contributed by atoms with Gasteiger partial charge in [-0.2, -0.15) is 0 Å². The number of aromatic nitrogens is 1. The first kappa shape index (κ1) is 46.0. The van der Waals surface area contributed by atoms with Gasteiger partial charge < -0.3 is 42.8 Å². The Labute approximate surface area is 372 Å². The van der Waals surface area contributed by atoms with Crippen molar-refractivity contribution in [1.82, 2.24) is 9.88 Å². The van der Waals surface area contributed by atoms with E-state index in [1.54, 1.807) is 32.7 Å². The van der Waals surface area contributed by atoms with Crippen molar-refractivity contribution in [3.63, 3.8) is 0 Å². The molecule has 0 spiro atoms. The molecule has 62 heavy (non-hydrogen) atoms. The number of carbonyl (C=O) groups excluding carboxylic acids is 2. The second-order valence-corrected chi connectivity index (χ2v) is 20.2. The van der Waals surface area contributed by atoms with E-state index in [-0.39, 0.29) is 96.8 Å². The van der Waals surface area contributed by atoms with Gasteiger partial charge in [0, 0.05) is 61.5 Å². The van der Waals surface area contributed by atoms with Gasteiger partial charge in [-0.1, -0.05) is 43.7 Å². The molecule has 0 unspecified atom stereocenters. The zero-order valence-electron chi connectivity index (χ0n) is 38.5. The number of cyclic esters (lactones) is 1. The Balaban J connectivity index is 1.14. The SMILES string of the molecule is CC[C@H]1CCC[C@H](O[C@H]2CC[C@H](N(C)C)[C@@H](C)O2)[C@@H](C)C(=O)C2=C[C@H]3[C@@H]4C[C@H](O[C@@H]5O[C@@H](C)[C@H](OC)[C@@H](OC)[C@H]5OC)C[C@H]4c4nc(-c5cccc(C)c5)sc4[C@H]3[C@@H]2CC(=O)O1. The monoisotopic (exact) mass is 878 g/mol. The molecule has 12 nitrogen and oxygen atoms in total. The van der Waals surface area contributed by atoms with Crippen molar-refractivity contribution in [2.75, 3.05) is 35.4 Å². The van der Waals surface area contributed by atoms with Gasteiger partial charge in [0.2, 0.25) is 0 Å². The zero-order valence-corrected chi connectivity index (χ0v) is 39.3. The van der Waals surface area contributed by atoms with Crippen molar-refractivity contribution < 1.29 is 47.5 Å². The molecule has 3 aliphatic carbocycles. The summed E-state index contributed by atoms with van der Waals surface area (Å²) in [6.07, 6.45) is 5.37. The molecule has 1 aromatic heterocycles. The third kappa shape index (κ3) is 9.01. The molecule has 1 saturated carbocycles. The molecule has 1 aromatic carbocycles. The number of methoxy groups -OCH3 is 3. The van der Waals surface area contributed by atoms with Gasteiger partial charge in [0.15, 0.2) is 18.4 Å². The maximum absolute atomic E-state index is 15.2. The molecule has 342 valence electrons. The highest BCUT2D eigenvalue weighted by atomic mass is 32.1. The lowest BCUT2D eigenvalue weighted by atomic mass is 9.67.